The van der Waals surface area contributed by atoms with Crippen LogP contribution in [0.2, 0.25) is 0 Å². The summed E-state index contributed by atoms with van der Waals surface area (Å²) in [6.45, 7) is 5.62. The van der Waals surface area contributed by atoms with Crippen molar-refractivity contribution < 1.29 is 64.2 Å². The number of Topliss-reactive ketones (excluding diaryl/α,β-unsaturated/α-hetero) is 4. The molecule has 0 aliphatic carbocycles. The van der Waals surface area contributed by atoms with Gasteiger partial charge in [-0.15, -0.1) is 0 Å². The van der Waals surface area contributed by atoms with E-state index in [0.717, 1.165) is 55.3 Å². The third-order valence-corrected chi connectivity index (χ3v) is 5.93. The predicted molar refractivity (Wildman–Crippen MR) is 173 cm³/mol. The molecule has 239 valence electrons. The van der Waals surface area contributed by atoms with Gasteiger partial charge in [0.25, 0.3) is 0 Å². The van der Waals surface area contributed by atoms with Crippen LogP contribution in [0.4, 0.5) is 0 Å². The van der Waals surface area contributed by atoms with Crippen molar-refractivity contribution in [1.29, 1.82) is 0 Å². The summed E-state index contributed by atoms with van der Waals surface area (Å²) in [7, 11) is 0. The number of aromatic nitrogens is 5. The second-order valence-corrected chi connectivity index (χ2v) is 10.0. The van der Waals surface area contributed by atoms with E-state index in [0.29, 0.717) is 0 Å². The van der Waals surface area contributed by atoms with Crippen LogP contribution in [-0.2, 0) is 19.2 Å². The molecule has 4 aromatic heterocycles. The van der Waals surface area contributed by atoms with Crippen molar-refractivity contribution in [3.05, 3.63) is 94.4 Å². The van der Waals surface area contributed by atoms with E-state index in [1.54, 1.807) is 12.4 Å². The van der Waals surface area contributed by atoms with Gasteiger partial charge in [0.2, 0.25) is 0 Å². The molecular formula is C33H29GdN6O7+2. The fraction of sp³-hybridized carbons (Fsp3) is 0.182. The zero-order valence-electron chi connectivity index (χ0n) is 25.8. The molecular weight excluding hydrogens is 750 g/mol. The van der Waals surface area contributed by atoms with Crippen molar-refractivity contribution in [3.63, 3.8) is 0 Å². The van der Waals surface area contributed by atoms with E-state index in [-0.39, 0.29) is 75.9 Å². The van der Waals surface area contributed by atoms with Crippen LogP contribution in [0.5, 0.6) is 0 Å². The zero-order chi connectivity index (χ0) is 33.8. The Labute approximate surface area is 300 Å². The van der Waals surface area contributed by atoms with Crippen LogP contribution in [0.3, 0.4) is 0 Å². The Bertz CT molecular complexity index is 2020. The van der Waals surface area contributed by atoms with Gasteiger partial charge in [0.05, 0.1) is 62.4 Å². The number of nitrogens with zero attached hydrogens (tertiary/aromatic N) is 6. The Hall–Kier alpha value is -4.79. The van der Waals surface area contributed by atoms with Crippen LogP contribution in [0, 0.1) is 55.3 Å². The number of rotatable bonds is 5. The van der Waals surface area contributed by atoms with Gasteiger partial charge in [0.15, 0.2) is 0 Å². The summed E-state index contributed by atoms with van der Waals surface area (Å²) in [6, 6.07) is 21.7. The summed E-state index contributed by atoms with van der Waals surface area (Å²) in [6.07, 6.45) is 3.73. The molecule has 0 spiro atoms. The van der Waals surface area contributed by atoms with Gasteiger partial charge < -0.3 is 15.3 Å². The summed E-state index contributed by atoms with van der Waals surface area (Å²) in [5, 5.41) is 16.6. The smallest absolute Gasteiger partial charge is 0.356 e. The van der Waals surface area contributed by atoms with Gasteiger partial charge in [-0.25, -0.2) is 15.0 Å². The summed E-state index contributed by atoms with van der Waals surface area (Å²) >= 11 is 0. The van der Waals surface area contributed by atoms with Crippen molar-refractivity contribution >= 4 is 67.0 Å². The third-order valence-electron chi connectivity index (χ3n) is 5.93. The SMILES string of the molecule is CC(=O)CC(C)=O.CC(=O)CC(C)=O.O=[N+]([O-])[O-].[Gd+3].c1ccc(-c2ccc3c(n2)c2ncccc2c2nc4ccccc4nc32)nc1. The maximum atomic E-state index is 10.0. The molecule has 4 heterocycles. The first kappa shape index (κ1) is 38.4. The van der Waals surface area contributed by atoms with Crippen LogP contribution in [0.25, 0.3) is 55.3 Å². The number of benzene rings is 2. The Kier molecular flexibility index (Phi) is 15.0. The molecule has 2 aromatic carbocycles. The minimum absolute atomic E-state index is 0. The Morgan fingerprint density at radius 1 is 0.553 bits per heavy atom. The van der Waals surface area contributed by atoms with Gasteiger partial charge in [-0.1, -0.05) is 18.2 Å². The van der Waals surface area contributed by atoms with Crippen LogP contribution >= 0.6 is 0 Å². The number of para-hydroxylation sites is 2. The summed E-state index contributed by atoms with van der Waals surface area (Å²) in [4.78, 5) is 72.2. The first-order chi connectivity index (χ1) is 21.9. The average molecular weight is 779 g/mol. The molecule has 6 aromatic rings. The molecule has 0 aliphatic heterocycles. The van der Waals surface area contributed by atoms with E-state index >= 15 is 0 Å². The zero-order valence-corrected chi connectivity index (χ0v) is 28.1. The minimum atomic E-state index is -1.75. The summed E-state index contributed by atoms with van der Waals surface area (Å²) in [5.74, 6) is -0.250. The second-order valence-electron chi connectivity index (χ2n) is 10.0. The van der Waals surface area contributed by atoms with Gasteiger partial charge in [0, 0.05) is 23.2 Å². The van der Waals surface area contributed by atoms with Gasteiger partial charge in [-0.05, 0) is 76.2 Å². The maximum absolute atomic E-state index is 10.0. The fourth-order valence-corrected chi connectivity index (χ4v) is 4.35. The molecule has 0 bridgehead atoms. The number of pyridine rings is 3. The topological polar surface area (TPSA) is 199 Å². The van der Waals surface area contributed by atoms with Crippen molar-refractivity contribution in [2.24, 2.45) is 0 Å². The Morgan fingerprint density at radius 2 is 1.00 bits per heavy atom. The number of hydrogen-bond donors (Lipinski definition) is 0. The molecule has 0 aliphatic rings. The van der Waals surface area contributed by atoms with Crippen LogP contribution in [0.1, 0.15) is 40.5 Å². The van der Waals surface area contributed by atoms with E-state index in [1.807, 2.05) is 66.7 Å². The van der Waals surface area contributed by atoms with Crippen molar-refractivity contribution in [2.45, 2.75) is 40.5 Å². The van der Waals surface area contributed by atoms with Crippen LogP contribution < -0.4 is 0 Å². The average Bonchev–Trinajstić information content (AvgIpc) is 2.99. The predicted octanol–water partition coefficient (Wildman–Crippen LogP) is 5.81. The number of hydrogen-bond acceptors (Lipinski definition) is 12. The molecule has 14 heteroatoms. The van der Waals surface area contributed by atoms with Crippen LogP contribution in [0.15, 0.2) is 79.1 Å². The van der Waals surface area contributed by atoms with E-state index in [2.05, 4.69) is 9.97 Å². The molecule has 1 radical (unpaired) electrons. The molecule has 0 unspecified atom stereocenters. The van der Waals surface area contributed by atoms with Gasteiger partial charge in [0.1, 0.15) is 23.1 Å². The van der Waals surface area contributed by atoms with Crippen molar-refractivity contribution in [2.75, 3.05) is 0 Å². The van der Waals surface area contributed by atoms with Crippen molar-refractivity contribution in [3.8, 4) is 11.4 Å². The summed E-state index contributed by atoms with van der Waals surface area (Å²) in [5.41, 5.74) is 6.72. The molecule has 0 N–H and O–H groups in total. The Balaban J connectivity index is 0.000000337. The molecule has 47 heavy (non-hydrogen) atoms. The Morgan fingerprint density at radius 3 is 1.45 bits per heavy atom. The van der Waals surface area contributed by atoms with E-state index in [4.69, 9.17) is 30.3 Å². The fourth-order valence-electron chi connectivity index (χ4n) is 4.35. The molecule has 0 atom stereocenters. The second kappa shape index (κ2) is 18.4. The quantitative estimate of drug-likeness (QED) is 0.0670. The summed E-state index contributed by atoms with van der Waals surface area (Å²) < 4.78 is 0. The number of carbonyl (C=O) groups is 4. The maximum Gasteiger partial charge on any atom is 3.00 e. The van der Waals surface area contributed by atoms with Gasteiger partial charge >= 0.3 is 39.9 Å². The number of ketones is 4. The van der Waals surface area contributed by atoms with Gasteiger partial charge in [-0.2, -0.15) is 0 Å². The molecule has 13 nitrogen and oxygen atoms in total. The minimum Gasteiger partial charge on any atom is -0.356 e. The van der Waals surface area contributed by atoms with Gasteiger partial charge in [-0.3, -0.25) is 29.1 Å². The normalized spacial score (nSPS) is 9.87. The molecule has 0 saturated heterocycles. The monoisotopic (exact) mass is 779 g/mol. The first-order valence-corrected chi connectivity index (χ1v) is 13.8. The standard InChI is InChI=1S/C23H13N5.2C5H8O2.Gd.NO3/c1-2-9-18-17(8-1)26-22-14-6-5-13-25-20(14)21-15(23(22)27-18)10-11-19(28-21)16-7-3-4-12-24-16;2*1-4(6)3-5(2)7;;2-1(3)4/h1-13H;2*3H2,1-2H3;;/q;;;+3;-1. The largest absolute Gasteiger partial charge is 3.00 e. The first-order valence-electron chi connectivity index (χ1n) is 13.8. The number of carbonyl (C=O) groups excluding carboxylic acids is 4. The molecule has 6 rings (SSSR count). The van der Waals surface area contributed by atoms with E-state index < -0.39 is 5.09 Å². The van der Waals surface area contributed by atoms with Crippen molar-refractivity contribution in [1.82, 2.24) is 24.9 Å². The molecule has 0 saturated carbocycles. The van der Waals surface area contributed by atoms with Crippen LogP contribution in [-0.4, -0.2) is 53.1 Å². The van der Waals surface area contributed by atoms with E-state index in [9.17, 15) is 19.2 Å². The van der Waals surface area contributed by atoms with E-state index in [1.165, 1.54) is 27.7 Å². The molecule has 0 fully saturated rings. The third kappa shape index (κ3) is 11.5. The number of fused-ring (bicyclic) bond motifs is 7. The molecule has 0 amide bonds.